The molecule has 0 saturated carbocycles. The number of nitrogens with zero attached hydrogens (tertiary/aromatic N) is 2. The molecule has 2 nitrogen and oxygen atoms in total. The highest BCUT2D eigenvalue weighted by molar-refractivity contribution is 5.82. The second-order valence-corrected chi connectivity index (χ2v) is 5.07. The number of hydrogen-bond donors (Lipinski definition) is 0. The van der Waals surface area contributed by atoms with Crippen molar-refractivity contribution >= 4 is 16.4 Å². The first-order chi connectivity index (χ1) is 9.90. The van der Waals surface area contributed by atoms with E-state index in [1.165, 1.54) is 22.0 Å². The maximum atomic E-state index is 2.27. The van der Waals surface area contributed by atoms with Crippen molar-refractivity contribution in [3.63, 3.8) is 0 Å². The highest BCUT2D eigenvalue weighted by atomic mass is 79.9. The van der Waals surface area contributed by atoms with Gasteiger partial charge < -0.3 is 17.0 Å². The van der Waals surface area contributed by atoms with E-state index in [9.17, 15) is 0 Å². The standard InChI is InChI=1S/C18H15N2.BrH/c1-2-6-17-13-15(8-9-16(17)5-1)14-20-12-11-19-10-4-3-7-18(19)20;/h1-13H,14H2;1H/q+1;/p-1. The van der Waals surface area contributed by atoms with Crippen LogP contribution in [0.5, 0.6) is 0 Å². The minimum atomic E-state index is 0. The van der Waals surface area contributed by atoms with Gasteiger partial charge in [-0.1, -0.05) is 42.5 Å². The number of benzene rings is 2. The number of aromatic nitrogens is 2. The van der Waals surface area contributed by atoms with Crippen LogP contribution in [0.1, 0.15) is 5.56 Å². The van der Waals surface area contributed by atoms with Gasteiger partial charge in [0.25, 0.3) is 5.65 Å². The first-order valence-corrected chi connectivity index (χ1v) is 6.83. The van der Waals surface area contributed by atoms with Crippen LogP contribution in [0.2, 0.25) is 0 Å². The molecule has 0 aliphatic rings. The number of imidazole rings is 1. The lowest BCUT2D eigenvalue weighted by Crippen LogP contribution is -3.00. The maximum absolute atomic E-state index is 2.27. The van der Waals surface area contributed by atoms with Crippen LogP contribution in [0.3, 0.4) is 0 Å². The first kappa shape index (κ1) is 13.8. The molecule has 2 heterocycles. The fourth-order valence-electron chi connectivity index (χ4n) is 2.71. The Labute approximate surface area is 134 Å². The molecule has 2 aromatic heterocycles. The molecule has 3 heteroatoms. The van der Waals surface area contributed by atoms with Gasteiger partial charge in [0.05, 0.1) is 6.20 Å². The Hall–Kier alpha value is -2.13. The molecule has 0 aliphatic carbocycles. The van der Waals surface area contributed by atoms with Crippen LogP contribution in [-0.2, 0) is 6.54 Å². The summed E-state index contributed by atoms with van der Waals surface area (Å²) in [5, 5.41) is 2.59. The summed E-state index contributed by atoms with van der Waals surface area (Å²) in [7, 11) is 0. The first-order valence-electron chi connectivity index (χ1n) is 6.83. The van der Waals surface area contributed by atoms with Crippen LogP contribution in [0.15, 0.2) is 79.3 Å². The Morgan fingerprint density at radius 3 is 2.52 bits per heavy atom. The molecule has 0 spiro atoms. The van der Waals surface area contributed by atoms with Crippen molar-refractivity contribution in [2.24, 2.45) is 0 Å². The second-order valence-electron chi connectivity index (χ2n) is 5.07. The van der Waals surface area contributed by atoms with Gasteiger partial charge in [0.2, 0.25) is 0 Å². The molecule has 0 fully saturated rings. The van der Waals surface area contributed by atoms with E-state index in [4.69, 9.17) is 0 Å². The summed E-state index contributed by atoms with van der Waals surface area (Å²) in [6, 6.07) is 21.4. The van der Waals surface area contributed by atoms with Crippen molar-refractivity contribution in [3.05, 3.63) is 84.8 Å². The summed E-state index contributed by atoms with van der Waals surface area (Å²) in [6.07, 6.45) is 6.30. The van der Waals surface area contributed by atoms with Crippen molar-refractivity contribution in [3.8, 4) is 0 Å². The Balaban J connectivity index is 0.00000132. The van der Waals surface area contributed by atoms with Gasteiger partial charge in [-0.25, -0.2) is 8.97 Å². The molecule has 0 unspecified atom stereocenters. The summed E-state index contributed by atoms with van der Waals surface area (Å²) in [6.45, 7) is 0.894. The Morgan fingerprint density at radius 2 is 1.62 bits per heavy atom. The van der Waals surface area contributed by atoms with Crippen molar-refractivity contribution in [1.82, 2.24) is 4.40 Å². The Morgan fingerprint density at radius 1 is 0.810 bits per heavy atom. The van der Waals surface area contributed by atoms with Crippen LogP contribution >= 0.6 is 0 Å². The number of fused-ring (bicyclic) bond motifs is 2. The van der Waals surface area contributed by atoms with E-state index in [2.05, 4.69) is 82.2 Å². The average Bonchev–Trinajstić information content (AvgIpc) is 2.91. The Bertz CT molecular complexity index is 896. The van der Waals surface area contributed by atoms with E-state index >= 15 is 0 Å². The SMILES string of the molecule is [Br-].c1ccc2cc(C[n+]3ccn4ccccc43)ccc2c1. The molecule has 4 rings (SSSR count). The van der Waals surface area contributed by atoms with Gasteiger partial charge in [-0.05, 0) is 28.5 Å². The quantitative estimate of drug-likeness (QED) is 0.468. The van der Waals surface area contributed by atoms with Gasteiger partial charge in [0, 0.05) is 6.07 Å². The third-order valence-electron chi connectivity index (χ3n) is 3.74. The van der Waals surface area contributed by atoms with E-state index < -0.39 is 0 Å². The lowest BCUT2D eigenvalue weighted by atomic mass is 10.1. The zero-order valence-electron chi connectivity index (χ0n) is 11.5. The molecule has 0 amide bonds. The predicted molar refractivity (Wildman–Crippen MR) is 80.6 cm³/mol. The van der Waals surface area contributed by atoms with Crippen molar-refractivity contribution in [2.45, 2.75) is 6.54 Å². The molecule has 21 heavy (non-hydrogen) atoms. The number of rotatable bonds is 2. The van der Waals surface area contributed by atoms with E-state index in [0.29, 0.717) is 0 Å². The molecule has 104 valence electrons. The minimum Gasteiger partial charge on any atom is -1.00 e. The maximum Gasteiger partial charge on any atom is 0.286 e. The summed E-state index contributed by atoms with van der Waals surface area (Å²) in [5.74, 6) is 0. The summed E-state index contributed by atoms with van der Waals surface area (Å²) < 4.78 is 4.41. The molecular formula is C18H15BrN2. The van der Waals surface area contributed by atoms with Gasteiger partial charge in [-0.15, -0.1) is 0 Å². The summed E-state index contributed by atoms with van der Waals surface area (Å²) in [4.78, 5) is 0. The average molecular weight is 339 g/mol. The highest BCUT2D eigenvalue weighted by Crippen LogP contribution is 2.15. The number of halogens is 1. The molecule has 0 atom stereocenters. The zero-order chi connectivity index (χ0) is 13.4. The molecule has 0 radical (unpaired) electrons. The fourth-order valence-corrected chi connectivity index (χ4v) is 2.71. The molecule has 0 bridgehead atoms. The van der Waals surface area contributed by atoms with Crippen molar-refractivity contribution in [1.29, 1.82) is 0 Å². The van der Waals surface area contributed by atoms with Gasteiger partial charge in [0.15, 0.2) is 0 Å². The lowest BCUT2D eigenvalue weighted by molar-refractivity contribution is -0.661. The highest BCUT2D eigenvalue weighted by Gasteiger charge is 2.08. The van der Waals surface area contributed by atoms with E-state index in [1.807, 2.05) is 6.07 Å². The third-order valence-corrected chi connectivity index (χ3v) is 3.74. The van der Waals surface area contributed by atoms with Crippen molar-refractivity contribution < 1.29 is 21.5 Å². The summed E-state index contributed by atoms with van der Waals surface area (Å²) in [5.41, 5.74) is 2.53. The van der Waals surface area contributed by atoms with Gasteiger partial charge in [-0.3, -0.25) is 0 Å². The Kier molecular flexibility index (Phi) is 3.76. The lowest BCUT2D eigenvalue weighted by Gasteiger charge is -2.02. The van der Waals surface area contributed by atoms with Crippen LogP contribution in [0.4, 0.5) is 0 Å². The predicted octanol–water partition coefficient (Wildman–Crippen LogP) is 0.432. The van der Waals surface area contributed by atoms with Crippen LogP contribution in [-0.4, -0.2) is 4.40 Å². The largest absolute Gasteiger partial charge is 1.00 e. The summed E-state index contributed by atoms with van der Waals surface area (Å²) >= 11 is 0. The van der Waals surface area contributed by atoms with E-state index in [0.717, 1.165) is 6.54 Å². The van der Waals surface area contributed by atoms with Gasteiger partial charge in [-0.2, -0.15) is 0 Å². The fraction of sp³-hybridized carbons (Fsp3) is 0.0556. The van der Waals surface area contributed by atoms with E-state index in [-0.39, 0.29) is 17.0 Å². The minimum absolute atomic E-state index is 0. The van der Waals surface area contributed by atoms with Crippen LogP contribution in [0, 0.1) is 0 Å². The smallest absolute Gasteiger partial charge is 0.286 e. The van der Waals surface area contributed by atoms with E-state index in [1.54, 1.807) is 0 Å². The van der Waals surface area contributed by atoms with Gasteiger partial charge >= 0.3 is 0 Å². The number of pyridine rings is 1. The van der Waals surface area contributed by atoms with Crippen LogP contribution in [0.25, 0.3) is 16.4 Å². The number of hydrogen-bond acceptors (Lipinski definition) is 0. The zero-order valence-corrected chi connectivity index (χ0v) is 13.1. The second kappa shape index (κ2) is 5.70. The molecule has 2 aromatic carbocycles. The molecule has 4 aromatic rings. The topological polar surface area (TPSA) is 8.29 Å². The third kappa shape index (κ3) is 2.57. The normalized spacial score (nSPS) is 10.7. The molecule has 0 aliphatic heterocycles. The van der Waals surface area contributed by atoms with Crippen molar-refractivity contribution in [2.75, 3.05) is 0 Å². The molecule has 0 saturated heterocycles. The molecular weight excluding hydrogens is 324 g/mol. The van der Waals surface area contributed by atoms with Crippen LogP contribution < -0.4 is 21.5 Å². The van der Waals surface area contributed by atoms with Gasteiger partial charge in [0.1, 0.15) is 18.9 Å². The monoisotopic (exact) mass is 338 g/mol. The molecule has 0 N–H and O–H groups in total.